The number of amides is 1. The third-order valence-corrected chi connectivity index (χ3v) is 2.34. The number of hydrogen-bond acceptors (Lipinski definition) is 4. The molecule has 1 heterocycles. The Bertz CT molecular complexity index is 351. The molecule has 0 atom stereocenters. The van der Waals surface area contributed by atoms with Crippen molar-refractivity contribution in [1.29, 1.82) is 0 Å². The highest BCUT2D eigenvalue weighted by Crippen LogP contribution is 2.11. The Hall–Kier alpha value is -1.46. The van der Waals surface area contributed by atoms with Crippen LogP contribution in [0.2, 0.25) is 0 Å². The third kappa shape index (κ3) is 4.43. The minimum atomic E-state index is -0.425. The zero-order chi connectivity index (χ0) is 13.4. The summed E-state index contributed by atoms with van der Waals surface area (Å²) >= 11 is 0. The van der Waals surface area contributed by atoms with Gasteiger partial charge in [0.05, 0.1) is 6.54 Å². The first-order valence-corrected chi connectivity index (χ1v) is 6.11. The van der Waals surface area contributed by atoms with E-state index in [4.69, 9.17) is 9.47 Å². The molecule has 0 fully saturated rings. The van der Waals surface area contributed by atoms with Crippen LogP contribution in [0.4, 0.5) is 5.82 Å². The predicted octanol–water partition coefficient (Wildman–Crippen LogP) is 1.83. The summed E-state index contributed by atoms with van der Waals surface area (Å²) in [6.45, 7) is 6.71. The number of carbonyl (C=O) groups excluding carboxylic acids is 1. The van der Waals surface area contributed by atoms with Gasteiger partial charge in [-0.05, 0) is 26.0 Å². The van der Waals surface area contributed by atoms with E-state index in [2.05, 4.69) is 4.98 Å². The van der Waals surface area contributed by atoms with Gasteiger partial charge in [-0.2, -0.15) is 0 Å². The van der Waals surface area contributed by atoms with Gasteiger partial charge in [0.2, 0.25) is 5.91 Å². The molecule has 0 radical (unpaired) electrons. The van der Waals surface area contributed by atoms with Crippen LogP contribution in [-0.4, -0.2) is 36.9 Å². The van der Waals surface area contributed by atoms with Crippen molar-refractivity contribution in [3.8, 4) is 0 Å². The summed E-state index contributed by atoms with van der Waals surface area (Å²) in [5, 5.41) is 0. The number of anilines is 1. The Morgan fingerprint density at radius 1 is 1.33 bits per heavy atom. The van der Waals surface area contributed by atoms with Gasteiger partial charge in [0.1, 0.15) is 5.82 Å². The molecule has 0 N–H and O–H groups in total. The van der Waals surface area contributed by atoms with Crippen LogP contribution in [0, 0.1) is 0 Å². The maximum atomic E-state index is 11.7. The van der Waals surface area contributed by atoms with Crippen LogP contribution in [0.1, 0.15) is 20.8 Å². The van der Waals surface area contributed by atoms with Crippen LogP contribution in [0.15, 0.2) is 24.4 Å². The average Bonchev–Trinajstić information content (AvgIpc) is 2.37. The molecule has 0 unspecified atom stereocenters. The standard InChI is InChI=1S/C13H20N2O3/c1-4-17-13(18-5-2)10-15(11(3)16)12-8-6-7-9-14-12/h6-9,13H,4-5,10H2,1-3H3. The van der Waals surface area contributed by atoms with Crippen molar-refractivity contribution < 1.29 is 14.3 Å². The molecule has 100 valence electrons. The first-order chi connectivity index (χ1) is 8.69. The van der Waals surface area contributed by atoms with E-state index >= 15 is 0 Å². The van der Waals surface area contributed by atoms with Gasteiger partial charge in [-0.3, -0.25) is 9.69 Å². The molecular weight excluding hydrogens is 232 g/mol. The van der Waals surface area contributed by atoms with Crippen LogP contribution in [0.3, 0.4) is 0 Å². The molecule has 1 amide bonds. The first-order valence-electron chi connectivity index (χ1n) is 6.11. The monoisotopic (exact) mass is 252 g/mol. The maximum Gasteiger partial charge on any atom is 0.225 e. The lowest BCUT2D eigenvalue weighted by Crippen LogP contribution is -2.39. The molecule has 0 aromatic carbocycles. The van der Waals surface area contributed by atoms with Crippen LogP contribution in [0.5, 0.6) is 0 Å². The van der Waals surface area contributed by atoms with E-state index in [1.165, 1.54) is 6.92 Å². The van der Waals surface area contributed by atoms with E-state index in [1.54, 1.807) is 17.2 Å². The number of aromatic nitrogens is 1. The van der Waals surface area contributed by atoms with Crippen LogP contribution >= 0.6 is 0 Å². The number of rotatable bonds is 7. The topological polar surface area (TPSA) is 51.7 Å². The zero-order valence-corrected chi connectivity index (χ0v) is 11.1. The van der Waals surface area contributed by atoms with Gasteiger partial charge < -0.3 is 9.47 Å². The molecule has 1 aromatic rings. The quantitative estimate of drug-likeness (QED) is 0.695. The minimum absolute atomic E-state index is 0.0851. The van der Waals surface area contributed by atoms with E-state index in [-0.39, 0.29) is 5.91 Å². The Balaban J connectivity index is 2.76. The van der Waals surface area contributed by atoms with Gasteiger partial charge in [-0.25, -0.2) is 4.98 Å². The van der Waals surface area contributed by atoms with Crippen molar-refractivity contribution in [2.24, 2.45) is 0 Å². The zero-order valence-electron chi connectivity index (χ0n) is 11.1. The fourth-order valence-electron chi connectivity index (χ4n) is 1.57. The summed E-state index contributed by atoms with van der Waals surface area (Å²) in [5.41, 5.74) is 0. The molecular formula is C13H20N2O3. The number of carbonyl (C=O) groups is 1. The van der Waals surface area contributed by atoms with Crippen LogP contribution in [0.25, 0.3) is 0 Å². The predicted molar refractivity (Wildman–Crippen MR) is 69.3 cm³/mol. The SMILES string of the molecule is CCOC(CN(C(C)=O)c1ccccn1)OCC. The summed E-state index contributed by atoms with van der Waals surface area (Å²) in [7, 11) is 0. The number of pyridine rings is 1. The normalized spacial score (nSPS) is 10.7. The lowest BCUT2D eigenvalue weighted by molar-refractivity contribution is -0.135. The molecule has 18 heavy (non-hydrogen) atoms. The van der Waals surface area contributed by atoms with Crippen molar-refractivity contribution in [1.82, 2.24) is 4.98 Å². The molecule has 0 aliphatic heterocycles. The van der Waals surface area contributed by atoms with Crippen molar-refractivity contribution in [3.05, 3.63) is 24.4 Å². The Morgan fingerprint density at radius 2 is 2.00 bits per heavy atom. The van der Waals surface area contributed by atoms with Gasteiger partial charge in [0.15, 0.2) is 6.29 Å². The molecule has 0 aliphatic carbocycles. The molecule has 1 rings (SSSR count). The molecule has 0 saturated heterocycles. The molecule has 1 aromatic heterocycles. The Kier molecular flexibility index (Phi) is 6.32. The van der Waals surface area contributed by atoms with E-state index in [1.807, 2.05) is 26.0 Å². The number of ether oxygens (including phenoxy) is 2. The molecule has 0 bridgehead atoms. The molecule has 5 heteroatoms. The van der Waals surface area contributed by atoms with E-state index in [0.29, 0.717) is 25.6 Å². The lowest BCUT2D eigenvalue weighted by atomic mass is 10.4. The van der Waals surface area contributed by atoms with Crippen molar-refractivity contribution in [2.75, 3.05) is 24.7 Å². The Morgan fingerprint density at radius 3 is 2.44 bits per heavy atom. The maximum absolute atomic E-state index is 11.7. The van der Waals surface area contributed by atoms with Gasteiger partial charge in [0, 0.05) is 26.3 Å². The van der Waals surface area contributed by atoms with Crippen molar-refractivity contribution in [2.45, 2.75) is 27.1 Å². The highest BCUT2D eigenvalue weighted by atomic mass is 16.7. The molecule has 0 spiro atoms. The van der Waals surface area contributed by atoms with Crippen molar-refractivity contribution in [3.63, 3.8) is 0 Å². The molecule has 0 saturated carbocycles. The fraction of sp³-hybridized carbons (Fsp3) is 0.538. The lowest BCUT2D eigenvalue weighted by Gasteiger charge is -2.25. The second kappa shape index (κ2) is 7.79. The smallest absolute Gasteiger partial charge is 0.225 e. The van der Waals surface area contributed by atoms with Gasteiger partial charge in [0.25, 0.3) is 0 Å². The second-order valence-corrected chi connectivity index (χ2v) is 3.66. The van der Waals surface area contributed by atoms with Crippen molar-refractivity contribution >= 4 is 11.7 Å². The van der Waals surface area contributed by atoms with Gasteiger partial charge >= 0.3 is 0 Å². The van der Waals surface area contributed by atoms with Crippen LogP contribution < -0.4 is 4.90 Å². The van der Waals surface area contributed by atoms with E-state index < -0.39 is 6.29 Å². The second-order valence-electron chi connectivity index (χ2n) is 3.66. The summed E-state index contributed by atoms with van der Waals surface area (Å²) in [4.78, 5) is 17.4. The number of nitrogens with zero attached hydrogens (tertiary/aromatic N) is 2. The number of hydrogen-bond donors (Lipinski definition) is 0. The summed E-state index contributed by atoms with van der Waals surface area (Å²) < 4.78 is 10.9. The molecule has 0 aliphatic rings. The average molecular weight is 252 g/mol. The van der Waals surface area contributed by atoms with E-state index in [9.17, 15) is 4.79 Å². The van der Waals surface area contributed by atoms with Gasteiger partial charge in [-0.1, -0.05) is 6.07 Å². The highest BCUT2D eigenvalue weighted by Gasteiger charge is 2.19. The third-order valence-electron chi connectivity index (χ3n) is 2.34. The fourth-order valence-corrected chi connectivity index (χ4v) is 1.57. The first kappa shape index (κ1) is 14.6. The Labute approximate surface area is 108 Å². The summed E-state index contributed by atoms with van der Waals surface area (Å²) in [6.07, 6.45) is 1.23. The summed E-state index contributed by atoms with van der Waals surface area (Å²) in [5.74, 6) is 0.521. The van der Waals surface area contributed by atoms with Gasteiger partial charge in [-0.15, -0.1) is 0 Å². The van der Waals surface area contributed by atoms with E-state index in [0.717, 1.165) is 0 Å². The minimum Gasteiger partial charge on any atom is -0.351 e. The summed E-state index contributed by atoms with van der Waals surface area (Å²) in [6, 6.07) is 5.44. The van der Waals surface area contributed by atoms with Crippen LogP contribution in [-0.2, 0) is 14.3 Å². The largest absolute Gasteiger partial charge is 0.351 e. The highest BCUT2D eigenvalue weighted by molar-refractivity contribution is 5.90. The molecule has 5 nitrogen and oxygen atoms in total.